The zero-order valence-corrected chi connectivity index (χ0v) is 11.2. The molecule has 1 aromatic heterocycles. The number of halogens is 1. The van der Waals surface area contributed by atoms with E-state index in [1.165, 1.54) is 6.42 Å². The van der Waals surface area contributed by atoms with Crippen LogP contribution in [0.2, 0.25) is 5.22 Å². The van der Waals surface area contributed by atoms with Crippen molar-refractivity contribution in [2.75, 3.05) is 6.54 Å². The van der Waals surface area contributed by atoms with Gasteiger partial charge in [-0.3, -0.25) is 0 Å². The molecule has 0 fully saturated rings. The Balaban J connectivity index is 2.67. The normalized spacial score (nSPS) is 15.0. The van der Waals surface area contributed by atoms with Crippen LogP contribution in [-0.4, -0.2) is 6.54 Å². The quantitative estimate of drug-likeness (QED) is 0.768. The molecule has 0 amide bonds. The highest BCUT2D eigenvalue weighted by atomic mass is 35.5. The first-order valence-corrected chi connectivity index (χ1v) is 6.53. The average Bonchev–Trinajstić information content (AvgIpc) is 2.70. The van der Waals surface area contributed by atoms with E-state index in [1.54, 1.807) is 6.26 Å². The molecular weight excluding hydrogens is 222 g/mol. The van der Waals surface area contributed by atoms with E-state index in [-0.39, 0.29) is 0 Å². The highest BCUT2D eigenvalue weighted by Gasteiger charge is 2.18. The van der Waals surface area contributed by atoms with Gasteiger partial charge in [-0.15, -0.1) is 0 Å². The summed E-state index contributed by atoms with van der Waals surface area (Å²) in [5, 5.41) is 4.06. The molecule has 0 saturated carbocycles. The van der Waals surface area contributed by atoms with Crippen molar-refractivity contribution >= 4 is 11.6 Å². The van der Waals surface area contributed by atoms with Crippen molar-refractivity contribution in [3.63, 3.8) is 0 Å². The molecule has 0 aliphatic heterocycles. The van der Waals surface area contributed by atoms with Crippen LogP contribution >= 0.6 is 11.6 Å². The zero-order chi connectivity index (χ0) is 12.0. The van der Waals surface area contributed by atoms with Crippen molar-refractivity contribution in [2.24, 2.45) is 5.92 Å². The van der Waals surface area contributed by atoms with Crippen molar-refractivity contribution in [2.45, 2.75) is 46.1 Å². The van der Waals surface area contributed by atoms with E-state index in [9.17, 15) is 0 Å². The molecule has 92 valence electrons. The molecule has 3 heteroatoms. The third-order valence-electron chi connectivity index (χ3n) is 3.00. The molecule has 1 rings (SSSR count). The van der Waals surface area contributed by atoms with Crippen molar-refractivity contribution in [1.82, 2.24) is 5.32 Å². The SMILES string of the molecule is CCCNC(CC(C)CC)c1ccoc1Cl. The Kier molecular flexibility index (Phi) is 5.93. The van der Waals surface area contributed by atoms with Crippen molar-refractivity contribution in [3.05, 3.63) is 23.1 Å². The fourth-order valence-electron chi connectivity index (χ4n) is 1.76. The predicted octanol–water partition coefficient (Wildman–Crippen LogP) is 4.41. The standard InChI is InChI=1S/C13H22ClNO/c1-4-7-15-12(9-10(3)5-2)11-6-8-16-13(11)14/h6,8,10,12,15H,4-5,7,9H2,1-3H3. The van der Waals surface area contributed by atoms with E-state index in [4.69, 9.17) is 16.0 Å². The fraction of sp³-hybridized carbons (Fsp3) is 0.692. The van der Waals surface area contributed by atoms with Gasteiger partial charge in [0, 0.05) is 11.6 Å². The minimum absolute atomic E-state index is 0.321. The summed E-state index contributed by atoms with van der Waals surface area (Å²) in [4.78, 5) is 0. The van der Waals surface area contributed by atoms with Crippen LogP contribution in [0.1, 0.15) is 51.6 Å². The van der Waals surface area contributed by atoms with E-state index >= 15 is 0 Å². The van der Waals surface area contributed by atoms with Crippen molar-refractivity contribution in [1.29, 1.82) is 0 Å². The van der Waals surface area contributed by atoms with Gasteiger partial charge >= 0.3 is 0 Å². The first-order valence-electron chi connectivity index (χ1n) is 6.15. The Morgan fingerprint density at radius 1 is 1.44 bits per heavy atom. The Morgan fingerprint density at radius 2 is 2.19 bits per heavy atom. The Bertz CT molecular complexity index is 298. The predicted molar refractivity (Wildman–Crippen MR) is 68.8 cm³/mol. The molecule has 16 heavy (non-hydrogen) atoms. The second-order valence-electron chi connectivity index (χ2n) is 4.41. The lowest BCUT2D eigenvalue weighted by Gasteiger charge is -2.20. The van der Waals surface area contributed by atoms with E-state index in [0.717, 1.165) is 24.9 Å². The van der Waals surface area contributed by atoms with Gasteiger partial charge in [-0.1, -0.05) is 27.2 Å². The smallest absolute Gasteiger partial charge is 0.197 e. The summed E-state index contributed by atoms with van der Waals surface area (Å²) in [6.45, 7) is 7.68. The van der Waals surface area contributed by atoms with Gasteiger partial charge < -0.3 is 9.73 Å². The van der Waals surface area contributed by atoms with Crippen LogP contribution in [0.5, 0.6) is 0 Å². The molecule has 2 unspecified atom stereocenters. The average molecular weight is 244 g/mol. The van der Waals surface area contributed by atoms with E-state index in [1.807, 2.05) is 6.07 Å². The lowest BCUT2D eigenvalue weighted by molar-refractivity contribution is 0.400. The van der Waals surface area contributed by atoms with E-state index in [2.05, 4.69) is 26.1 Å². The lowest BCUT2D eigenvalue weighted by Crippen LogP contribution is -2.23. The minimum Gasteiger partial charge on any atom is -0.453 e. The lowest BCUT2D eigenvalue weighted by atomic mass is 9.95. The molecule has 2 nitrogen and oxygen atoms in total. The largest absolute Gasteiger partial charge is 0.453 e. The van der Waals surface area contributed by atoms with Crippen LogP contribution in [0.15, 0.2) is 16.7 Å². The van der Waals surface area contributed by atoms with Gasteiger partial charge in [-0.25, -0.2) is 0 Å². The Labute approximate surface area is 103 Å². The van der Waals surface area contributed by atoms with Crippen LogP contribution in [0.25, 0.3) is 0 Å². The molecule has 0 bridgehead atoms. The highest BCUT2D eigenvalue weighted by molar-refractivity contribution is 6.29. The maximum atomic E-state index is 6.03. The molecule has 0 aliphatic rings. The van der Waals surface area contributed by atoms with Gasteiger partial charge in [0.25, 0.3) is 0 Å². The third kappa shape index (κ3) is 3.84. The molecular formula is C13H22ClNO. The van der Waals surface area contributed by atoms with Gasteiger partial charge in [0.15, 0.2) is 5.22 Å². The molecule has 1 aromatic rings. The number of nitrogens with one attached hydrogen (secondary N) is 1. The second kappa shape index (κ2) is 6.97. The number of furan rings is 1. The van der Waals surface area contributed by atoms with Gasteiger partial charge in [0.1, 0.15) is 0 Å². The van der Waals surface area contributed by atoms with Crippen LogP contribution in [0, 0.1) is 5.92 Å². The molecule has 0 spiro atoms. The van der Waals surface area contributed by atoms with Crippen LogP contribution in [0.4, 0.5) is 0 Å². The maximum absolute atomic E-state index is 6.03. The van der Waals surface area contributed by atoms with Crippen molar-refractivity contribution in [3.8, 4) is 0 Å². The van der Waals surface area contributed by atoms with Crippen molar-refractivity contribution < 1.29 is 4.42 Å². The molecule has 0 saturated heterocycles. The number of rotatable bonds is 7. The summed E-state index contributed by atoms with van der Waals surface area (Å²) >= 11 is 6.03. The summed E-state index contributed by atoms with van der Waals surface area (Å²) in [7, 11) is 0. The second-order valence-corrected chi connectivity index (χ2v) is 4.75. The van der Waals surface area contributed by atoms with Crippen LogP contribution in [-0.2, 0) is 0 Å². The van der Waals surface area contributed by atoms with E-state index < -0.39 is 0 Å². The van der Waals surface area contributed by atoms with Gasteiger partial charge in [-0.2, -0.15) is 0 Å². The fourth-order valence-corrected chi connectivity index (χ4v) is 2.01. The topological polar surface area (TPSA) is 25.2 Å². The highest BCUT2D eigenvalue weighted by Crippen LogP contribution is 2.29. The van der Waals surface area contributed by atoms with E-state index in [0.29, 0.717) is 17.2 Å². The summed E-state index contributed by atoms with van der Waals surface area (Å²) in [5.41, 5.74) is 1.09. The number of hydrogen-bond acceptors (Lipinski definition) is 2. The molecule has 2 atom stereocenters. The van der Waals surface area contributed by atoms with Crippen LogP contribution in [0.3, 0.4) is 0 Å². The molecule has 0 radical (unpaired) electrons. The molecule has 1 heterocycles. The Morgan fingerprint density at radius 3 is 2.69 bits per heavy atom. The van der Waals surface area contributed by atoms with Gasteiger partial charge in [0.05, 0.1) is 6.26 Å². The summed E-state index contributed by atoms with van der Waals surface area (Å²) in [5.74, 6) is 0.695. The Hall–Kier alpha value is -0.470. The summed E-state index contributed by atoms with van der Waals surface area (Å²) < 4.78 is 5.17. The molecule has 1 N–H and O–H groups in total. The minimum atomic E-state index is 0.321. The zero-order valence-electron chi connectivity index (χ0n) is 10.4. The summed E-state index contributed by atoms with van der Waals surface area (Å²) in [6.07, 6.45) is 5.09. The van der Waals surface area contributed by atoms with Gasteiger partial charge in [0.2, 0.25) is 0 Å². The molecule has 0 aliphatic carbocycles. The number of hydrogen-bond donors (Lipinski definition) is 1. The van der Waals surface area contributed by atoms with Gasteiger partial charge in [-0.05, 0) is 43.0 Å². The molecule has 0 aromatic carbocycles. The summed E-state index contributed by atoms with van der Waals surface area (Å²) in [6, 6.07) is 2.29. The monoisotopic (exact) mass is 243 g/mol. The third-order valence-corrected chi connectivity index (χ3v) is 3.30. The first-order chi connectivity index (χ1) is 7.69. The van der Waals surface area contributed by atoms with Crippen LogP contribution < -0.4 is 5.32 Å². The first kappa shape index (κ1) is 13.6. The maximum Gasteiger partial charge on any atom is 0.197 e.